The van der Waals surface area contributed by atoms with Crippen molar-refractivity contribution < 1.29 is 0 Å². The molecule has 0 aromatic heterocycles. The number of rotatable bonds is 3. The molecule has 1 aliphatic carbocycles. The molecule has 2 fully saturated rings. The molecule has 2 atom stereocenters. The molecular formula is C11H22N2S. The quantitative estimate of drug-likeness (QED) is 0.775. The third kappa shape index (κ3) is 1.70. The standard InChI is InChI=1S/C11H22N2S/c1-9-6-11(7-12,8-14-9)13(2)10-4-3-5-10/h9-10H,3-8,12H2,1-2H3. The second-order valence-corrected chi connectivity index (χ2v) is 6.38. The van der Waals surface area contributed by atoms with Crippen LogP contribution in [0.2, 0.25) is 0 Å². The van der Waals surface area contributed by atoms with E-state index in [1.54, 1.807) is 0 Å². The summed E-state index contributed by atoms with van der Waals surface area (Å²) in [6.07, 6.45) is 5.47. The first kappa shape index (κ1) is 10.8. The molecule has 0 spiro atoms. The highest BCUT2D eigenvalue weighted by molar-refractivity contribution is 8.00. The van der Waals surface area contributed by atoms with Crippen molar-refractivity contribution in [3.63, 3.8) is 0 Å². The van der Waals surface area contributed by atoms with Gasteiger partial charge in [-0.3, -0.25) is 4.90 Å². The van der Waals surface area contributed by atoms with Gasteiger partial charge in [0.25, 0.3) is 0 Å². The Labute approximate surface area is 91.6 Å². The lowest BCUT2D eigenvalue weighted by molar-refractivity contribution is 0.0521. The summed E-state index contributed by atoms with van der Waals surface area (Å²) in [5.41, 5.74) is 6.31. The van der Waals surface area contributed by atoms with Crippen LogP contribution in [0.5, 0.6) is 0 Å². The molecule has 2 N–H and O–H groups in total. The third-order valence-electron chi connectivity index (χ3n) is 4.05. The van der Waals surface area contributed by atoms with Crippen LogP contribution in [0.1, 0.15) is 32.6 Å². The molecule has 0 bridgehead atoms. The maximum Gasteiger partial charge on any atom is 0.0432 e. The predicted molar refractivity (Wildman–Crippen MR) is 63.7 cm³/mol. The molecule has 2 aliphatic rings. The van der Waals surface area contributed by atoms with Crippen molar-refractivity contribution in [2.75, 3.05) is 19.3 Å². The fourth-order valence-electron chi connectivity index (χ4n) is 2.64. The molecule has 2 nitrogen and oxygen atoms in total. The van der Waals surface area contributed by atoms with Gasteiger partial charge in [0, 0.05) is 29.1 Å². The van der Waals surface area contributed by atoms with Gasteiger partial charge in [0.1, 0.15) is 0 Å². The predicted octanol–water partition coefficient (Wildman–Crippen LogP) is 1.69. The average molecular weight is 214 g/mol. The molecule has 1 saturated carbocycles. The first-order valence-electron chi connectivity index (χ1n) is 5.72. The van der Waals surface area contributed by atoms with Crippen molar-refractivity contribution in [2.45, 2.75) is 49.4 Å². The monoisotopic (exact) mass is 214 g/mol. The van der Waals surface area contributed by atoms with Crippen molar-refractivity contribution >= 4 is 11.8 Å². The lowest BCUT2D eigenvalue weighted by Crippen LogP contribution is -2.58. The fourth-order valence-corrected chi connectivity index (χ4v) is 4.11. The summed E-state index contributed by atoms with van der Waals surface area (Å²) in [6, 6.07) is 0.824. The summed E-state index contributed by atoms with van der Waals surface area (Å²) >= 11 is 2.09. The first-order chi connectivity index (χ1) is 6.68. The van der Waals surface area contributed by atoms with Crippen LogP contribution in [0.25, 0.3) is 0 Å². The minimum atomic E-state index is 0.315. The number of hydrogen-bond acceptors (Lipinski definition) is 3. The molecule has 0 aromatic rings. The van der Waals surface area contributed by atoms with Gasteiger partial charge in [-0.2, -0.15) is 11.8 Å². The Balaban J connectivity index is 2.03. The zero-order chi connectivity index (χ0) is 10.2. The Kier molecular flexibility index (Phi) is 3.10. The lowest BCUT2D eigenvalue weighted by atomic mass is 9.85. The zero-order valence-electron chi connectivity index (χ0n) is 9.33. The summed E-state index contributed by atoms with van der Waals surface area (Å²) in [4.78, 5) is 2.59. The Hall–Kier alpha value is 0.270. The second-order valence-electron chi connectivity index (χ2n) is 4.95. The van der Waals surface area contributed by atoms with Crippen molar-refractivity contribution in [3.8, 4) is 0 Å². The third-order valence-corrected chi connectivity index (χ3v) is 5.49. The lowest BCUT2D eigenvalue weighted by Gasteiger charge is -2.46. The van der Waals surface area contributed by atoms with Crippen molar-refractivity contribution in [2.24, 2.45) is 5.73 Å². The smallest absolute Gasteiger partial charge is 0.0432 e. The maximum atomic E-state index is 5.99. The summed E-state index contributed by atoms with van der Waals surface area (Å²) in [7, 11) is 2.29. The van der Waals surface area contributed by atoms with E-state index in [-0.39, 0.29) is 0 Å². The van der Waals surface area contributed by atoms with E-state index >= 15 is 0 Å². The summed E-state index contributed by atoms with van der Waals surface area (Å²) < 4.78 is 0. The molecule has 1 heterocycles. The van der Waals surface area contributed by atoms with Crippen molar-refractivity contribution in [1.29, 1.82) is 0 Å². The van der Waals surface area contributed by atoms with Gasteiger partial charge in [-0.1, -0.05) is 13.3 Å². The molecule has 2 rings (SSSR count). The van der Waals surface area contributed by atoms with E-state index in [9.17, 15) is 0 Å². The second kappa shape index (κ2) is 4.03. The van der Waals surface area contributed by atoms with Crippen LogP contribution in [0.3, 0.4) is 0 Å². The van der Waals surface area contributed by atoms with Crippen LogP contribution in [-0.4, -0.2) is 41.1 Å². The Morgan fingerprint density at radius 3 is 2.57 bits per heavy atom. The largest absolute Gasteiger partial charge is 0.329 e. The van der Waals surface area contributed by atoms with Crippen LogP contribution in [0, 0.1) is 0 Å². The Morgan fingerprint density at radius 1 is 1.50 bits per heavy atom. The van der Waals surface area contributed by atoms with E-state index in [2.05, 4.69) is 30.6 Å². The van der Waals surface area contributed by atoms with E-state index in [1.165, 1.54) is 31.4 Å². The molecule has 0 aromatic carbocycles. The molecule has 0 amide bonds. The molecule has 82 valence electrons. The molecule has 1 saturated heterocycles. The minimum Gasteiger partial charge on any atom is -0.329 e. The summed E-state index contributed by atoms with van der Waals surface area (Å²) in [5, 5.41) is 0.793. The molecular weight excluding hydrogens is 192 g/mol. The van der Waals surface area contributed by atoms with E-state index in [0.29, 0.717) is 5.54 Å². The highest BCUT2D eigenvalue weighted by Crippen LogP contribution is 2.40. The topological polar surface area (TPSA) is 29.3 Å². The summed E-state index contributed by atoms with van der Waals surface area (Å²) in [5.74, 6) is 1.23. The van der Waals surface area contributed by atoms with Crippen LogP contribution in [0.4, 0.5) is 0 Å². The van der Waals surface area contributed by atoms with Gasteiger partial charge >= 0.3 is 0 Å². The highest BCUT2D eigenvalue weighted by atomic mass is 32.2. The highest BCUT2D eigenvalue weighted by Gasteiger charge is 2.43. The van der Waals surface area contributed by atoms with Crippen LogP contribution in [0.15, 0.2) is 0 Å². The number of thioether (sulfide) groups is 1. The SMILES string of the molecule is CC1CC(CN)(N(C)C2CCC2)CS1. The zero-order valence-corrected chi connectivity index (χ0v) is 10.1. The van der Waals surface area contributed by atoms with Gasteiger partial charge in [-0.05, 0) is 26.3 Å². The number of nitrogens with zero attached hydrogens (tertiary/aromatic N) is 1. The molecule has 14 heavy (non-hydrogen) atoms. The summed E-state index contributed by atoms with van der Waals surface area (Å²) in [6.45, 7) is 3.16. The number of likely N-dealkylation sites (N-methyl/N-ethyl adjacent to an activating group) is 1. The Bertz CT molecular complexity index is 205. The molecule has 0 radical (unpaired) electrons. The molecule has 3 heteroatoms. The van der Waals surface area contributed by atoms with Crippen LogP contribution < -0.4 is 5.73 Å². The van der Waals surface area contributed by atoms with Gasteiger partial charge in [0.15, 0.2) is 0 Å². The fraction of sp³-hybridized carbons (Fsp3) is 1.00. The number of nitrogens with two attached hydrogens (primary N) is 1. The first-order valence-corrected chi connectivity index (χ1v) is 6.77. The van der Waals surface area contributed by atoms with Gasteiger partial charge in [0.05, 0.1) is 0 Å². The normalized spacial score (nSPS) is 39.0. The van der Waals surface area contributed by atoms with E-state index < -0.39 is 0 Å². The Morgan fingerprint density at radius 2 is 2.21 bits per heavy atom. The van der Waals surface area contributed by atoms with E-state index in [4.69, 9.17) is 5.73 Å². The maximum absolute atomic E-state index is 5.99. The average Bonchev–Trinajstić information content (AvgIpc) is 2.45. The van der Waals surface area contributed by atoms with Crippen molar-refractivity contribution in [3.05, 3.63) is 0 Å². The van der Waals surface area contributed by atoms with Gasteiger partial charge < -0.3 is 5.73 Å². The van der Waals surface area contributed by atoms with E-state index in [0.717, 1.165) is 17.8 Å². The van der Waals surface area contributed by atoms with Gasteiger partial charge in [0.2, 0.25) is 0 Å². The molecule has 1 aliphatic heterocycles. The van der Waals surface area contributed by atoms with Crippen LogP contribution in [-0.2, 0) is 0 Å². The van der Waals surface area contributed by atoms with Crippen molar-refractivity contribution in [1.82, 2.24) is 4.90 Å². The molecule has 2 unspecified atom stereocenters. The minimum absolute atomic E-state index is 0.315. The van der Waals surface area contributed by atoms with E-state index in [1.807, 2.05) is 0 Å². The van der Waals surface area contributed by atoms with Gasteiger partial charge in [-0.15, -0.1) is 0 Å². The van der Waals surface area contributed by atoms with Gasteiger partial charge in [-0.25, -0.2) is 0 Å². The van der Waals surface area contributed by atoms with Crippen LogP contribution >= 0.6 is 11.8 Å². The number of hydrogen-bond donors (Lipinski definition) is 1.